The fourth-order valence-electron chi connectivity index (χ4n) is 4.04. The first-order chi connectivity index (χ1) is 12.6. The van der Waals surface area contributed by atoms with E-state index < -0.39 is 4.92 Å². The molecule has 0 unspecified atom stereocenters. The highest BCUT2D eigenvalue weighted by Crippen LogP contribution is 2.41. The Balaban J connectivity index is 1.76. The van der Waals surface area contributed by atoms with Crippen molar-refractivity contribution in [2.45, 2.75) is 57.4 Å². The fraction of sp³-hybridized carbons (Fsp3) is 0.450. The van der Waals surface area contributed by atoms with E-state index in [2.05, 4.69) is 5.32 Å². The Labute approximate surface area is 151 Å². The number of hydrogen-bond acceptors (Lipinski definition) is 5. The molecule has 4 rings (SSSR count). The van der Waals surface area contributed by atoms with E-state index in [1.807, 2.05) is 0 Å². The van der Waals surface area contributed by atoms with Crippen LogP contribution in [0.5, 0.6) is 0 Å². The summed E-state index contributed by atoms with van der Waals surface area (Å²) in [7, 11) is 0. The predicted molar refractivity (Wildman–Crippen MR) is 98.6 cm³/mol. The minimum Gasteiger partial charge on any atom is -0.444 e. The summed E-state index contributed by atoms with van der Waals surface area (Å²) in [5.41, 5.74) is 2.25. The first-order valence-electron chi connectivity index (χ1n) is 9.33. The number of furan rings is 1. The van der Waals surface area contributed by atoms with E-state index in [0.717, 1.165) is 42.6 Å². The summed E-state index contributed by atoms with van der Waals surface area (Å²) in [4.78, 5) is 23.1. The van der Waals surface area contributed by atoms with Crippen LogP contribution in [-0.2, 0) is 6.42 Å². The van der Waals surface area contributed by atoms with Gasteiger partial charge in [-0.3, -0.25) is 14.9 Å². The summed E-state index contributed by atoms with van der Waals surface area (Å²) in [5.74, 6) is 1.49. The molecule has 0 amide bonds. The molecule has 1 saturated carbocycles. The quantitative estimate of drug-likeness (QED) is 0.608. The zero-order valence-corrected chi connectivity index (χ0v) is 14.6. The van der Waals surface area contributed by atoms with Gasteiger partial charge in [0.25, 0.3) is 5.69 Å². The Bertz CT molecular complexity index is 832. The van der Waals surface area contributed by atoms with Crippen LogP contribution in [0.2, 0.25) is 0 Å². The summed E-state index contributed by atoms with van der Waals surface area (Å²) in [6.07, 6.45) is 7.94. The number of hydrogen-bond donors (Lipinski definition) is 1. The monoisotopic (exact) mass is 354 g/mol. The molecule has 0 bridgehead atoms. The molecular formula is C20H22N2O4. The second-order valence-corrected chi connectivity index (χ2v) is 7.16. The SMILES string of the molecule is O=C1CCCc2oc(NC3CCCCC3)c(-c3ccc([N+](=O)[O-])cc3)c21. The van der Waals surface area contributed by atoms with Crippen molar-refractivity contribution >= 4 is 17.4 Å². The highest BCUT2D eigenvalue weighted by atomic mass is 16.6. The second kappa shape index (κ2) is 6.94. The Hall–Kier alpha value is -2.63. The number of nitrogens with one attached hydrogen (secondary N) is 1. The fourth-order valence-corrected chi connectivity index (χ4v) is 4.04. The van der Waals surface area contributed by atoms with Crippen molar-refractivity contribution in [1.82, 2.24) is 0 Å². The molecule has 1 heterocycles. The van der Waals surface area contributed by atoms with E-state index >= 15 is 0 Å². The van der Waals surface area contributed by atoms with Crippen LogP contribution in [0.25, 0.3) is 11.1 Å². The molecule has 1 N–H and O–H groups in total. The lowest BCUT2D eigenvalue weighted by molar-refractivity contribution is -0.384. The minimum absolute atomic E-state index is 0.0410. The van der Waals surface area contributed by atoms with Crippen LogP contribution >= 0.6 is 0 Å². The molecule has 0 aliphatic heterocycles. The Morgan fingerprint density at radius 3 is 2.42 bits per heavy atom. The number of benzene rings is 1. The zero-order chi connectivity index (χ0) is 18.1. The van der Waals surface area contributed by atoms with E-state index in [9.17, 15) is 14.9 Å². The van der Waals surface area contributed by atoms with Crippen molar-refractivity contribution in [2.24, 2.45) is 0 Å². The summed E-state index contributed by atoms with van der Waals surface area (Å²) < 4.78 is 6.08. The number of carbonyl (C=O) groups excluding carboxylic acids is 1. The molecule has 1 fully saturated rings. The maximum atomic E-state index is 12.6. The third-order valence-corrected chi connectivity index (χ3v) is 5.37. The van der Waals surface area contributed by atoms with Crippen molar-refractivity contribution in [3.05, 3.63) is 45.7 Å². The summed E-state index contributed by atoms with van der Waals surface area (Å²) in [6, 6.07) is 6.72. The number of fused-ring (bicyclic) bond motifs is 1. The Morgan fingerprint density at radius 2 is 1.73 bits per heavy atom. The van der Waals surface area contributed by atoms with Gasteiger partial charge in [-0.1, -0.05) is 19.3 Å². The molecule has 2 aromatic rings. The molecular weight excluding hydrogens is 332 g/mol. The van der Waals surface area contributed by atoms with Gasteiger partial charge in [0.2, 0.25) is 5.88 Å². The number of carbonyl (C=O) groups is 1. The highest BCUT2D eigenvalue weighted by molar-refractivity contribution is 6.06. The van der Waals surface area contributed by atoms with E-state index in [-0.39, 0.29) is 11.5 Å². The number of Topliss-reactive ketones (excluding diaryl/α,β-unsaturated/α-hetero) is 1. The van der Waals surface area contributed by atoms with E-state index in [4.69, 9.17) is 4.42 Å². The minimum atomic E-state index is -0.416. The van der Waals surface area contributed by atoms with Crippen molar-refractivity contribution in [3.8, 4) is 11.1 Å². The van der Waals surface area contributed by atoms with Crippen LogP contribution < -0.4 is 5.32 Å². The standard InChI is InChI=1S/C20H22N2O4/c23-16-7-4-8-17-19(16)18(13-9-11-15(12-10-13)22(24)25)20(26-17)21-14-5-2-1-3-6-14/h9-12,14,21H,1-8H2. The van der Waals surface area contributed by atoms with Crippen LogP contribution in [0, 0.1) is 10.1 Å². The van der Waals surface area contributed by atoms with Gasteiger partial charge in [-0.05, 0) is 37.0 Å². The average molecular weight is 354 g/mol. The third-order valence-electron chi connectivity index (χ3n) is 5.37. The maximum absolute atomic E-state index is 12.6. The summed E-state index contributed by atoms with van der Waals surface area (Å²) in [5, 5.41) is 14.4. The largest absolute Gasteiger partial charge is 0.444 e. The molecule has 1 aromatic carbocycles. The molecule has 2 aliphatic carbocycles. The van der Waals surface area contributed by atoms with Gasteiger partial charge in [0.05, 0.1) is 16.1 Å². The second-order valence-electron chi connectivity index (χ2n) is 7.16. The van der Waals surface area contributed by atoms with E-state index in [1.54, 1.807) is 12.1 Å². The number of non-ortho nitro benzene ring substituents is 1. The van der Waals surface area contributed by atoms with Gasteiger partial charge in [-0.25, -0.2) is 0 Å². The van der Waals surface area contributed by atoms with Gasteiger partial charge in [-0.15, -0.1) is 0 Å². The molecule has 0 saturated heterocycles. The third kappa shape index (κ3) is 3.11. The van der Waals surface area contributed by atoms with Crippen LogP contribution in [0.15, 0.2) is 28.7 Å². The lowest BCUT2D eigenvalue weighted by Gasteiger charge is -2.23. The number of anilines is 1. The number of aryl methyl sites for hydroxylation is 1. The molecule has 0 spiro atoms. The molecule has 0 atom stereocenters. The topological polar surface area (TPSA) is 85.4 Å². The smallest absolute Gasteiger partial charge is 0.269 e. The Kier molecular flexibility index (Phi) is 4.49. The molecule has 6 nitrogen and oxygen atoms in total. The van der Waals surface area contributed by atoms with Gasteiger partial charge >= 0.3 is 0 Å². The Morgan fingerprint density at radius 1 is 1.00 bits per heavy atom. The maximum Gasteiger partial charge on any atom is 0.269 e. The number of nitrogens with zero attached hydrogens (tertiary/aromatic N) is 1. The predicted octanol–water partition coefficient (Wildman–Crippen LogP) is 5.12. The molecule has 0 radical (unpaired) electrons. The van der Waals surface area contributed by atoms with Crippen molar-refractivity contribution < 1.29 is 14.1 Å². The van der Waals surface area contributed by atoms with Gasteiger partial charge in [0.15, 0.2) is 5.78 Å². The average Bonchev–Trinajstić information content (AvgIpc) is 3.02. The van der Waals surface area contributed by atoms with Gasteiger partial charge in [0.1, 0.15) is 5.76 Å². The molecule has 2 aliphatic rings. The van der Waals surface area contributed by atoms with Crippen LogP contribution in [0.1, 0.15) is 61.1 Å². The normalized spacial score (nSPS) is 17.8. The molecule has 26 heavy (non-hydrogen) atoms. The number of rotatable bonds is 4. The van der Waals surface area contributed by atoms with Crippen LogP contribution in [-0.4, -0.2) is 16.7 Å². The van der Waals surface area contributed by atoms with Crippen molar-refractivity contribution in [1.29, 1.82) is 0 Å². The number of nitro benzene ring substituents is 1. The molecule has 1 aromatic heterocycles. The van der Waals surface area contributed by atoms with Gasteiger partial charge in [-0.2, -0.15) is 0 Å². The van der Waals surface area contributed by atoms with Crippen LogP contribution in [0.3, 0.4) is 0 Å². The van der Waals surface area contributed by atoms with Crippen LogP contribution in [0.4, 0.5) is 11.6 Å². The highest BCUT2D eigenvalue weighted by Gasteiger charge is 2.30. The molecule has 6 heteroatoms. The summed E-state index contributed by atoms with van der Waals surface area (Å²) in [6.45, 7) is 0. The summed E-state index contributed by atoms with van der Waals surface area (Å²) >= 11 is 0. The lowest BCUT2D eigenvalue weighted by atomic mass is 9.90. The number of ketones is 1. The lowest BCUT2D eigenvalue weighted by Crippen LogP contribution is -2.22. The van der Waals surface area contributed by atoms with Crippen molar-refractivity contribution in [2.75, 3.05) is 5.32 Å². The number of nitro groups is 1. The van der Waals surface area contributed by atoms with E-state index in [1.165, 1.54) is 31.4 Å². The van der Waals surface area contributed by atoms with Gasteiger partial charge in [0, 0.05) is 31.0 Å². The van der Waals surface area contributed by atoms with Gasteiger partial charge < -0.3 is 9.73 Å². The zero-order valence-electron chi connectivity index (χ0n) is 14.6. The van der Waals surface area contributed by atoms with E-state index in [0.29, 0.717) is 23.9 Å². The van der Waals surface area contributed by atoms with Crippen molar-refractivity contribution in [3.63, 3.8) is 0 Å². The first kappa shape index (κ1) is 16.8. The molecule has 136 valence electrons. The first-order valence-corrected chi connectivity index (χ1v) is 9.33.